The first kappa shape index (κ1) is 11.5. The maximum Gasteiger partial charge on any atom is 0.306 e. The number of carbonyl (C=O) groups is 1. The fourth-order valence-electron chi connectivity index (χ4n) is 0.789. The lowest BCUT2D eigenvalue weighted by molar-refractivity contribution is -0.140. The monoisotopic (exact) mass is 223 g/mol. The number of esters is 1. The second-order valence-electron chi connectivity index (χ2n) is 2.53. The third kappa shape index (κ3) is 3.95. The second-order valence-corrected chi connectivity index (χ2v) is 3.64. The zero-order valence-corrected chi connectivity index (χ0v) is 8.95. The van der Waals surface area contributed by atoms with Crippen LogP contribution >= 0.6 is 11.8 Å². The number of ether oxygens (including phenoxy) is 1. The molecule has 0 saturated carbocycles. The highest BCUT2D eigenvalue weighted by atomic mass is 32.2. The molecule has 0 radical (unpaired) electrons. The fourth-order valence-corrected chi connectivity index (χ4v) is 1.52. The van der Waals surface area contributed by atoms with Crippen LogP contribution in [-0.4, -0.2) is 28.8 Å². The number of carbonyl (C=O) groups excluding carboxylic acids is 1. The summed E-state index contributed by atoms with van der Waals surface area (Å²) in [5.41, 5.74) is 0.285. The molecule has 5 nitrogen and oxygen atoms in total. The van der Waals surface area contributed by atoms with Gasteiger partial charge in [-0.2, -0.15) is 5.26 Å². The third-order valence-electron chi connectivity index (χ3n) is 1.53. The van der Waals surface area contributed by atoms with Crippen molar-refractivity contribution < 1.29 is 9.53 Å². The molecule has 6 heteroatoms. The zero-order chi connectivity index (χ0) is 11.1. The van der Waals surface area contributed by atoms with Gasteiger partial charge in [0.15, 0.2) is 5.69 Å². The van der Waals surface area contributed by atoms with Gasteiger partial charge in [-0.3, -0.25) is 4.79 Å². The van der Waals surface area contributed by atoms with Crippen LogP contribution in [0.5, 0.6) is 0 Å². The summed E-state index contributed by atoms with van der Waals surface area (Å²) in [6.07, 6.45) is 3.25. The van der Waals surface area contributed by atoms with E-state index in [4.69, 9.17) is 5.26 Å². The van der Waals surface area contributed by atoms with Crippen molar-refractivity contribution in [1.29, 1.82) is 5.26 Å². The van der Waals surface area contributed by atoms with Crippen molar-refractivity contribution in [2.24, 2.45) is 0 Å². The van der Waals surface area contributed by atoms with Crippen LogP contribution in [0.15, 0.2) is 17.4 Å². The number of nitriles is 1. The van der Waals surface area contributed by atoms with Gasteiger partial charge in [-0.05, 0) is 0 Å². The van der Waals surface area contributed by atoms with E-state index < -0.39 is 0 Å². The van der Waals surface area contributed by atoms with Gasteiger partial charge in [-0.1, -0.05) is 0 Å². The normalized spacial score (nSPS) is 9.33. The molecule has 0 aromatic carbocycles. The van der Waals surface area contributed by atoms with Gasteiger partial charge in [-0.25, -0.2) is 9.97 Å². The lowest BCUT2D eigenvalue weighted by Crippen LogP contribution is -2.01. The van der Waals surface area contributed by atoms with E-state index in [0.29, 0.717) is 17.2 Å². The van der Waals surface area contributed by atoms with Crippen LogP contribution in [0.3, 0.4) is 0 Å². The van der Waals surface area contributed by atoms with Crippen LogP contribution < -0.4 is 0 Å². The molecule has 0 atom stereocenters. The van der Waals surface area contributed by atoms with E-state index in [1.807, 2.05) is 6.07 Å². The lowest BCUT2D eigenvalue weighted by Gasteiger charge is -1.99. The average Bonchev–Trinajstić information content (AvgIpc) is 2.29. The van der Waals surface area contributed by atoms with Crippen LogP contribution in [0.4, 0.5) is 0 Å². The van der Waals surface area contributed by atoms with Gasteiger partial charge in [0.25, 0.3) is 0 Å². The maximum absolute atomic E-state index is 10.8. The molecule has 1 aromatic heterocycles. The highest BCUT2D eigenvalue weighted by molar-refractivity contribution is 7.99. The van der Waals surface area contributed by atoms with Crippen molar-refractivity contribution in [3.63, 3.8) is 0 Å². The van der Waals surface area contributed by atoms with Crippen molar-refractivity contribution in [2.75, 3.05) is 12.9 Å². The molecule has 0 aliphatic rings. The summed E-state index contributed by atoms with van der Waals surface area (Å²) in [5.74, 6) is 0.344. The molecule has 0 fully saturated rings. The number of methoxy groups -OCH3 is 1. The number of aromatic nitrogens is 2. The summed E-state index contributed by atoms with van der Waals surface area (Å²) in [5, 5.41) is 9.18. The van der Waals surface area contributed by atoms with Crippen LogP contribution in [-0.2, 0) is 9.53 Å². The van der Waals surface area contributed by atoms with Gasteiger partial charge in [-0.15, -0.1) is 11.8 Å². The SMILES string of the molecule is COC(=O)CCSc1cnc(C#N)cn1. The van der Waals surface area contributed by atoms with Crippen LogP contribution in [0.2, 0.25) is 0 Å². The van der Waals surface area contributed by atoms with E-state index in [-0.39, 0.29) is 11.7 Å². The summed E-state index contributed by atoms with van der Waals surface area (Å²) in [4.78, 5) is 18.6. The van der Waals surface area contributed by atoms with Crippen molar-refractivity contribution >= 4 is 17.7 Å². The Bertz CT molecular complexity index is 372. The lowest BCUT2D eigenvalue weighted by atomic mass is 10.5. The molecule has 15 heavy (non-hydrogen) atoms. The Balaban J connectivity index is 2.38. The van der Waals surface area contributed by atoms with Gasteiger partial charge in [0.1, 0.15) is 11.1 Å². The summed E-state index contributed by atoms with van der Waals surface area (Å²) < 4.78 is 4.49. The molecule has 1 aromatic rings. The minimum Gasteiger partial charge on any atom is -0.469 e. The Labute approximate surface area is 91.5 Å². The van der Waals surface area contributed by atoms with E-state index in [1.54, 1.807) is 0 Å². The highest BCUT2D eigenvalue weighted by Crippen LogP contribution is 2.14. The predicted molar refractivity (Wildman–Crippen MR) is 54.1 cm³/mol. The molecule has 1 rings (SSSR count). The number of hydrogen-bond acceptors (Lipinski definition) is 6. The molecule has 0 spiro atoms. The molecule has 0 unspecified atom stereocenters. The summed E-state index contributed by atoms with van der Waals surface area (Å²) in [7, 11) is 1.36. The number of hydrogen-bond donors (Lipinski definition) is 0. The third-order valence-corrected chi connectivity index (χ3v) is 2.44. The largest absolute Gasteiger partial charge is 0.469 e. The highest BCUT2D eigenvalue weighted by Gasteiger charge is 2.02. The van der Waals surface area contributed by atoms with Crippen molar-refractivity contribution in [2.45, 2.75) is 11.4 Å². The second kappa shape index (κ2) is 5.98. The topological polar surface area (TPSA) is 75.9 Å². The fraction of sp³-hybridized carbons (Fsp3) is 0.333. The Morgan fingerprint density at radius 3 is 2.93 bits per heavy atom. The van der Waals surface area contributed by atoms with Crippen LogP contribution in [0.1, 0.15) is 12.1 Å². The molecule has 0 aliphatic carbocycles. The first-order valence-electron chi connectivity index (χ1n) is 4.18. The first-order chi connectivity index (χ1) is 7.26. The van der Waals surface area contributed by atoms with E-state index in [1.165, 1.54) is 31.3 Å². The summed E-state index contributed by atoms with van der Waals surface area (Å²) in [6, 6.07) is 1.88. The molecule has 0 bridgehead atoms. The van der Waals surface area contributed by atoms with Gasteiger partial charge < -0.3 is 4.74 Å². The van der Waals surface area contributed by atoms with Gasteiger partial charge in [0, 0.05) is 5.75 Å². The van der Waals surface area contributed by atoms with Crippen molar-refractivity contribution in [3.05, 3.63) is 18.1 Å². The number of nitrogens with zero attached hydrogens (tertiary/aromatic N) is 3. The van der Waals surface area contributed by atoms with E-state index >= 15 is 0 Å². The molecule has 0 aliphatic heterocycles. The maximum atomic E-state index is 10.8. The molecule has 0 saturated heterocycles. The molecule has 0 N–H and O–H groups in total. The number of thioether (sulfide) groups is 1. The first-order valence-corrected chi connectivity index (χ1v) is 5.16. The van der Waals surface area contributed by atoms with Gasteiger partial charge in [0.2, 0.25) is 0 Å². The Hall–Kier alpha value is -1.61. The smallest absolute Gasteiger partial charge is 0.306 e. The number of rotatable bonds is 4. The Morgan fingerprint density at radius 1 is 1.60 bits per heavy atom. The van der Waals surface area contributed by atoms with Crippen LogP contribution in [0, 0.1) is 11.3 Å². The average molecular weight is 223 g/mol. The molecular formula is C9H9N3O2S. The van der Waals surface area contributed by atoms with E-state index in [2.05, 4.69) is 14.7 Å². The van der Waals surface area contributed by atoms with Crippen molar-refractivity contribution in [1.82, 2.24) is 9.97 Å². The molecule has 0 amide bonds. The molecule has 78 valence electrons. The van der Waals surface area contributed by atoms with Gasteiger partial charge in [0.05, 0.1) is 25.9 Å². The van der Waals surface area contributed by atoms with Crippen molar-refractivity contribution in [3.8, 4) is 6.07 Å². The van der Waals surface area contributed by atoms with Crippen LogP contribution in [0.25, 0.3) is 0 Å². The van der Waals surface area contributed by atoms with E-state index in [0.717, 1.165) is 0 Å². The van der Waals surface area contributed by atoms with E-state index in [9.17, 15) is 4.79 Å². The quantitative estimate of drug-likeness (QED) is 0.560. The summed E-state index contributed by atoms with van der Waals surface area (Å²) in [6.45, 7) is 0. The Morgan fingerprint density at radius 2 is 2.40 bits per heavy atom. The molecule has 1 heterocycles. The predicted octanol–water partition coefficient (Wildman–Crippen LogP) is 1.00. The standard InChI is InChI=1S/C9H9N3O2S/c1-14-9(13)2-3-15-8-6-11-7(4-10)5-12-8/h5-6H,2-3H2,1H3. The minimum absolute atomic E-state index is 0.246. The van der Waals surface area contributed by atoms with Gasteiger partial charge >= 0.3 is 5.97 Å². The molecular weight excluding hydrogens is 214 g/mol. The summed E-state index contributed by atoms with van der Waals surface area (Å²) >= 11 is 1.40. The minimum atomic E-state index is -0.246. The zero-order valence-electron chi connectivity index (χ0n) is 8.14. The Kier molecular flexibility index (Phi) is 4.57.